The van der Waals surface area contributed by atoms with Crippen LogP contribution >= 0.6 is 0 Å². The van der Waals surface area contributed by atoms with Gasteiger partial charge in [0.1, 0.15) is 5.76 Å². The van der Waals surface area contributed by atoms with Gasteiger partial charge in [-0.05, 0) is 72.7 Å². The molecule has 1 aliphatic carbocycles. The number of aliphatic hydroxyl groups is 2. The van der Waals surface area contributed by atoms with Gasteiger partial charge in [0.15, 0.2) is 0 Å². The molecule has 2 aliphatic heterocycles. The molecule has 15 nitrogen and oxygen atoms in total. The average molecular weight is 811 g/mol. The Labute approximate surface area is 315 Å². The van der Waals surface area contributed by atoms with Gasteiger partial charge in [-0.25, -0.2) is 0 Å². The van der Waals surface area contributed by atoms with Crippen LogP contribution in [0.5, 0.6) is 0 Å². The molecule has 2 aromatic carbocycles. The van der Waals surface area contributed by atoms with Crippen LogP contribution in [0.15, 0.2) is 76.2 Å². The number of unbranched alkanes of at least 4 members (excludes halogenated alkanes) is 2. The summed E-state index contributed by atoms with van der Waals surface area (Å²) in [4.78, 5) is 14.9. The number of carbonyl (C=O) groups is 1. The molecule has 6 N–H and O–H groups in total. The summed E-state index contributed by atoms with van der Waals surface area (Å²) < 4.78 is 97.7. The zero-order valence-corrected chi connectivity index (χ0v) is 32.7. The van der Waals surface area contributed by atoms with E-state index in [0.717, 1.165) is 11.3 Å². The maximum absolute atomic E-state index is 12.0. The van der Waals surface area contributed by atoms with Crippen LogP contribution < -0.4 is 9.80 Å². The molecular formula is C36H46N2O13S3. The summed E-state index contributed by atoms with van der Waals surface area (Å²) in [7, 11) is -12.9. The van der Waals surface area contributed by atoms with Crippen LogP contribution in [-0.2, 0) is 52.4 Å². The monoisotopic (exact) mass is 810 g/mol. The molecule has 0 saturated carbocycles. The molecule has 18 heteroatoms. The summed E-state index contributed by atoms with van der Waals surface area (Å²) in [6.07, 6.45) is 2.90. The predicted molar refractivity (Wildman–Crippen MR) is 201 cm³/mol. The molecule has 0 aromatic heterocycles. The number of nitrogens with zero attached hydrogens (tertiary/aromatic N) is 2. The third kappa shape index (κ3) is 8.54. The largest absolute Gasteiger partial charge is 0.511 e. The number of hydrogen-bond donors (Lipinski definition) is 6. The lowest BCUT2D eigenvalue weighted by Gasteiger charge is -2.37. The molecule has 2 unspecified atom stereocenters. The molecule has 0 amide bonds. The van der Waals surface area contributed by atoms with Gasteiger partial charge in [0.05, 0.1) is 34.8 Å². The second-order valence-electron chi connectivity index (χ2n) is 15.0. The van der Waals surface area contributed by atoms with E-state index in [2.05, 4.69) is 0 Å². The predicted octanol–water partition coefficient (Wildman–Crippen LogP) is 4.36. The number of allylic oxidation sites excluding steroid dienone is 2. The number of carboxylic acids is 1. The van der Waals surface area contributed by atoms with Gasteiger partial charge in [0.2, 0.25) is 0 Å². The lowest BCUT2D eigenvalue weighted by atomic mass is 9.75. The van der Waals surface area contributed by atoms with E-state index in [-0.39, 0.29) is 42.0 Å². The van der Waals surface area contributed by atoms with Crippen molar-refractivity contribution in [1.82, 2.24) is 0 Å². The Kier molecular flexibility index (Phi) is 11.3. The molecule has 0 saturated heterocycles. The van der Waals surface area contributed by atoms with Gasteiger partial charge < -0.3 is 25.1 Å². The van der Waals surface area contributed by atoms with Gasteiger partial charge in [-0.3, -0.25) is 18.5 Å². The molecular weight excluding hydrogens is 765 g/mol. The van der Waals surface area contributed by atoms with Gasteiger partial charge in [0, 0.05) is 52.3 Å². The number of hydrogen-bond acceptors (Lipinski definition) is 11. The summed E-state index contributed by atoms with van der Waals surface area (Å²) in [5, 5.41) is 32.5. The molecule has 3 aliphatic rings. The number of aliphatic carboxylic acids is 1. The Bertz CT molecular complexity index is 2280. The molecule has 296 valence electrons. The van der Waals surface area contributed by atoms with Crippen LogP contribution in [0.4, 0.5) is 11.4 Å². The van der Waals surface area contributed by atoms with Crippen LogP contribution in [0.1, 0.15) is 70.1 Å². The third-order valence-corrected chi connectivity index (χ3v) is 12.9. The number of rotatable bonds is 15. The van der Waals surface area contributed by atoms with E-state index in [9.17, 15) is 59.0 Å². The van der Waals surface area contributed by atoms with Gasteiger partial charge in [-0.1, -0.05) is 45.9 Å². The van der Waals surface area contributed by atoms with E-state index in [0.29, 0.717) is 47.6 Å². The summed E-state index contributed by atoms with van der Waals surface area (Å²) in [6, 6.07) is 9.41. The standard InChI is InChI=1S/C36H46N2O13S3/c1-35(2)26-17-22(18-32(39)40)9-11-28(26)37(13-5-7-15-52(43,44)45)30(35)20-24-33(41)25(34(24)42)21-31-36(3,4)27-19-23(54(49,50)51)10-12-29(27)38(31)14-6-8-16-53(46,47)48/h9-12,17,19-21,25,33,41-42H,5-8,13-16,18H2,1-4H3,(H,39,40)(H,43,44,45)(H,46,47,48)(H,49,50,51). The van der Waals surface area contributed by atoms with Crippen molar-refractivity contribution < 1.29 is 59.0 Å². The van der Waals surface area contributed by atoms with Crippen molar-refractivity contribution in [2.45, 2.75) is 81.6 Å². The average Bonchev–Trinajstić information content (AvgIpc) is 3.38. The maximum atomic E-state index is 12.0. The minimum absolute atomic E-state index is 0.124. The van der Waals surface area contributed by atoms with Gasteiger partial charge in [-0.2, -0.15) is 25.3 Å². The molecule has 0 bridgehead atoms. The Morgan fingerprint density at radius 2 is 1.26 bits per heavy atom. The Balaban J connectivity index is 1.53. The van der Waals surface area contributed by atoms with Crippen molar-refractivity contribution in [3.8, 4) is 0 Å². The highest BCUT2D eigenvalue weighted by Crippen LogP contribution is 2.52. The Morgan fingerprint density at radius 1 is 0.759 bits per heavy atom. The van der Waals surface area contributed by atoms with E-state index in [1.165, 1.54) is 18.2 Å². The molecule has 0 radical (unpaired) electrons. The minimum Gasteiger partial charge on any atom is -0.511 e. The fourth-order valence-electron chi connectivity index (χ4n) is 7.61. The van der Waals surface area contributed by atoms with E-state index in [1.807, 2.05) is 37.5 Å². The van der Waals surface area contributed by atoms with Crippen molar-refractivity contribution in [2.75, 3.05) is 34.4 Å². The number of anilines is 2. The molecule has 5 rings (SSSR count). The molecule has 2 atom stereocenters. The lowest BCUT2D eigenvalue weighted by Crippen LogP contribution is -2.38. The molecule has 0 fully saturated rings. The van der Waals surface area contributed by atoms with Crippen molar-refractivity contribution in [1.29, 1.82) is 0 Å². The maximum Gasteiger partial charge on any atom is 0.307 e. The fourth-order valence-corrected chi connectivity index (χ4v) is 9.25. The summed E-state index contributed by atoms with van der Waals surface area (Å²) in [5.41, 5.74) is 3.06. The molecule has 2 heterocycles. The first kappa shape index (κ1) is 41.4. The number of aliphatic hydroxyl groups excluding tert-OH is 2. The third-order valence-electron chi connectivity index (χ3n) is 10.4. The first-order valence-corrected chi connectivity index (χ1v) is 22.0. The lowest BCUT2D eigenvalue weighted by molar-refractivity contribution is -0.136. The molecule has 0 spiro atoms. The van der Waals surface area contributed by atoms with Gasteiger partial charge >= 0.3 is 5.97 Å². The van der Waals surface area contributed by atoms with E-state index >= 15 is 0 Å². The highest BCUT2D eigenvalue weighted by molar-refractivity contribution is 7.86. The van der Waals surface area contributed by atoms with E-state index in [4.69, 9.17) is 0 Å². The topological polar surface area (TPSA) is 247 Å². The van der Waals surface area contributed by atoms with Crippen LogP contribution in [0, 0.1) is 5.92 Å². The van der Waals surface area contributed by atoms with E-state index in [1.54, 1.807) is 30.4 Å². The number of benzene rings is 2. The van der Waals surface area contributed by atoms with Crippen LogP contribution in [-0.4, -0.2) is 90.9 Å². The fraction of sp³-hybridized carbons (Fsp3) is 0.472. The second-order valence-corrected chi connectivity index (χ2v) is 19.6. The van der Waals surface area contributed by atoms with Crippen molar-refractivity contribution >= 4 is 47.7 Å². The SMILES string of the molecule is CC1(C)C(=CC2=C(O)C(C=C3N(CCCCS(=O)(=O)O)c4ccc(S(=O)(=O)O)cc4C3(C)C)C2O)N(CCCCS(=O)(=O)O)c2ccc(CC(=O)O)cc21. The zero-order valence-electron chi connectivity index (χ0n) is 30.3. The Hall–Kier alpha value is -3.78. The highest BCUT2D eigenvalue weighted by Gasteiger charge is 2.46. The van der Waals surface area contributed by atoms with Crippen molar-refractivity contribution in [3.63, 3.8) is 0 Å². The smallest absolute Gasteiger partial charge is 0.307 e. The van der Waals surface area contributed by atoms with Crippen LogP contribution in [0.3, 0.4) is 0 Å². The Morgan fingerprint density at radius 3 is 1.76 bits per heavy atom. The van der Waals surface area contributed by atoms with Crippen LogP contribution in [0.25, 0.3) is 0 Å². The van der Waals surface area contributed by atoms with Crippen LogP contribution in [0.2, 0.25) is 0 Å². The van der Waals surface area contributed by atoms with Gasteiger partial charge in [0.25, 0.3) is 30.4 Å². The summed E-state index contributed by atoms with van der Waals surface area (Å²) >= 11 is 0. The first-order chi connectivity index (χ1) is 24.8. The first-order valence-electron chi connectivity index (χ1n) is 17.3. The normalized spacial score (nSPS) is 22.1. The quantitative estimate of drug-likeness (QED) is 0.108. The minimum atomic E-state index is -4.55. The zero-order chi connectivity index (χ0) is 40.2. The second kappa shape index (κ2) is 14.7. The van der Waals surface area contributed by atoms with E-state index < -0.39 is 70.7 Å². The van der Waals surface area contributed by atoms with Crippen molar-refractivity contribution in [2.24, 2.45) is 5.92 Å². The molecule has 2 aromatic rings. The highest BCUT2D eigenvalue weighted by atomic mass is 32.2. The number of carboxylic acid groups (broad SMARTS) is 1. The van der Waals surface area contributed by atoms with Crippen molar-refractivity contribution in [3.05, 3.63) is 88.0 Å². The number of fused-ring (bicyclic) bond motifs is 2. The van der Waals surface area contributed by atoms with Gasteiger partial charge in [-0.15, -0.1) is 0 Å². The summed E-state index contributed by atoms with van der Waals surface area (Å²) in [6.45, 7) is 8.03. The molecule has 54 heavy (non-hydrogen) atoms. The summed E-state index contributed by atoms with van der Waals surface area (Å²) in [5.74, 6) is -2.92.